The lowest BCUT2D eigenvalue weighted by atomic mass is 9.95. The van der Waals surface area contributed by atoms with Crippen LogP contribution in [0.5, 0.6) is 0 Å². The number of rotatable bonds is 1. The zero-order chi connectivity index (χ0) is 8.43. The van der Waals surface area contributed by atoms with Crippen LogP contribution in [0.2, 0.25) is 0 Å². The predicted molar refractivity (Wildman–Crippen MR) is 42.1 cm³/mol. The van der Waals surface area contributed by atoms with E-state index < -0.39 is 6.17 Å². The molecule has 11 heavy (non-hydrogen) atoms. The monoisotopic (exact) mass is 161 g/mol. The molecule has 2 nitrogen and oxygen atoms in total. The minimum atomic E-state index is -0.968. The molecule has 66 valence electrons. The highest BCUT2D eigenvalue weighted by Crippen LogP contribution is 2.20. The first kappa shape index (κ1) is 8.94. The molecule has 3 atom stereocenters. The second-order valence-electron chi connectivity index (χ2n) is 3.53. The molecule has 1 saturated heterocycles. The largest absolute Gasteiger partial charge is 0.375 e. The van der Waals surface area contributed by atoms with E-state index in [4.69, 9.17) is 10.5 Å². The van der Waals surface area contributed by atoms with E-state index in [0.29, 0.717) is 12.3 Å². The van der Waals surface area contributed by atoms with Gasteiger partial charge in [-0.1, -0.05) is 13.8 Å². The van der Waals surface area contributed by atoms with Crippen molar-refractivity contribution in [3.05, 3.63) is 0 Å². The summed E-state index contributed by atoms with van der Waals surface area (Å²) in [6.07, 6.45) is -0.166. The normalized spacial score (nSPS) is 39.5. The third kappa shape index (κ3) is 2.14. The molecule has 0 aromatic carbocycles. The van der Waals surface area contributed by atoms with E-state index in [1.807, 2.05) is 0 Å². The first-order valence-electron chi connectivity index (χ1n) is 4.12. The average Bonchev–Trinajstić information content (AvgIpc) is 1.94. The molecule has 3 heteroatoms. The zero-order valence-corrected chi connectivity index (χ0v) is 7.09. The summed E-state index contributed by atoms with van der Waals surface area (Å²) in [6.45, 7) is 4.30. The number of ether oxygens (including phenoxy) is 1. The van der Waals surface area contributed by atoms with E-state index in [2.05, 4.69) is 13.8 Å². The quantitative estimate of drug-likeness (QED) is 0.625. The highest BCUT2D eigenvalue weighted by molar-refractivity contribution is 4.82. The van der Waals surface area contributed by atoms with Crippen molar-refractivity contribution >= 4 is 0 Å². The smallest absolute Gasteiger partial charge is 0.138 e. The van der Waals surface area contributed by atoms with Crippen molar-refractivity contribution in [3.8, 4) is 0 Å². The standard InChI is InChI=1S/C8H16FNO/c1-5(2)8-3-7(10)6(9)4-11-8/h5-8H,3-4,10H2,1-2H3/t6-,7-,8+/m0/s1. The lowest BCUT2D eigenvalue weighted by molar-refractivity contribution is -0.0571. The Morgan fingerprint density at radius 2 is 2.18 bits per heavy atom. The molecule has 1 fully saturated rings. The molecule has 0 aromatic heterocycles. The lowest BCUT2D eigenvalue weighted by Gasteiger charge is -2.32. The maximum atomic E-state index is 12.8. The second kappa shape index (κ2) is 3.50. The van der Waals surface area contributed by atoms with Crippen molar-refractivity contribution in [3.63, 3.8) is 0 Å². The molecule has 1 aliphatic rings. The predicted octanol–water partition coefficient (Wildman–Crippen LogP) is 1.10. The fraction of sp³-hybridized carbons (Fsp3) is 1.00. The second-order valence-corrected chi connectivity index (χ2v) is 3.53. The topological polar surface area (TPSA) is 35.2 Å². The van der Waals surface area contributed by atoms with Gasteiger partial charge >= 0.3 is 0 Å². The van der Waals surface area contributed by atoms with Crippen molar-refractivity contribution in [1.29, 1.82) is 0 Å². The first-order valence-corrected chi connectivity index (χ1v) is 4.12. The third-order valence-corrected chi connectivity index (χ3v) is 2.18. The van der Waals surface area contributed by atoms with Gasteiger partial charge < -0.3 is 10.5 Å². The number of alkyl halides is 1. The van der Waals surface area contributed by atoms with Crippen molar-refractivity contribution in [2.75, 3.05) is 6.61 Å². The van der Waals surface area contributed by atoms with E-state index >= 15 is 0 Å². The maximum Gasteiger partial charge on any atom is 0.138 e. The van der Waals surface area contributed by atoms with Gasteiger partial charge in [-0.05, 0) is 12.3 Å². The van der Waals surface area contributed by atoms with E-state index in [0.717, 1.165) is 0 Å². The van der Waals surface area contributed by atoms with Gasteiger partial charge in [0.1, 0.15) is 6.17 Å². The highest BCUT2D eigenvalue weighted by atomic mass is 19.1. The van der Waals surface area contributed by atoms with E-state index in [1.54, 1.807) is 0 Å². The van der Waals surface area contributed by atoms with Crippen LogP contribution < -0.4 is 5.73 Å². The van der Waals surface area contributed by atoms with Gasteiger partial charge in [-0.2, -0.15) is 0 Å². The molecular weight excluding hydrogens is 145 g/mol. The molecule has 1 aliphatic heterocycles. The summed E-state index contributed by atoms with van der Waals surface area (Å²) < 4.78 is 18.0. The Morgan fingerprint density at radius 3 is 2.64 bits per heavy atom. The van der Waals surface area contributed by atoms with Gasteiger partial charge in [-0.15, -0.1) is 0 Å². The van der Waals surface area contributed by atoms with Crippen LogP contribution in [0.1, 0.15) is 20.3 Å². The molecule has 0 saturated carbocycles. The molecule has 0 aromatic rings. The number of hydrogen-bond acceptors (Lipinski definition) is 2. The Kier molecular flexibility index (Phi) is 2.84. The molecule has 1 heterocycles. The summed E-state index contributed by atoms with van der Waals surface area (Å²) in [5.41, 5.74) is 5.55. The Balaban J connectivity index is 2.40. The van der Waals surface area contributed by atoms with Gasteiger partial charge in [-0.25, -0.2) is 4.39 Å². The summed E-state index contributed by atoms with van der Waals surface area (Å²) >= 11 is 0. The molecular formula is C8H16FNO. The molecule has 0 unspecified atom stereocenters. The van der Waals surface area contributed by atoms with Gasteiger partial charge in [0.15, 0.2) is 0 Å². The molecule has 0 bridgehead atoms. The minimum Gasteiger partial charge on any atom is -0.375 e. The third-order valence-electron chi connectivity index (χ3n) is 2.18. The number of nitrogens with two attached hydrogens (primary N) is 1. The average molecular weight is 161 g/mol. The van der Waals surface area contributed by atoms with Crippen molar-refractivity contribution in [2.24, 2.45) is 11.7 Å². The Hall–Kier alpha value is -0.150. The Morgan fingerprint density at radius 1 is 1.55 bits per heavy atom. The SMILES string of the molecule is CC(C)[C@H]1C[C@H](N)[C@@H](F)CO1. The number of hydrogen-bond donors (Lipinski definition) is 1. The minimum absolute atomic E-state index is 0.150. The van der Waals surface area contributed by atoms with Crippen LogP contribution in [-0.2, 0) is 4.74 Å². The van der Waals surface area contributed by atoms with Gasteiger partial charge in [-0.3, -0.25) is 0 Å². The van der Waals surface area contributed by atoms with Crippen LogP contribution in [0.15, 0.2) is 0 Å². The maximum absolute atomic E-state index is 12.8. The van der Waals surface area contributed by atoms with E-state index in [1.165, 1.54) is 0 Å². The van der Waals surface area contributed by atoms with Crippen molar-refractivity contribution in [2.45, 2.75) is 38.6 Å². The highest BCUT2D eigenvalue weighted by Gasteiger charge is 2.29. The van der Waals surface area contributed by atoms with Gasteiger partial charge in [0, 0.05) is 6.04 Å². The van der Waals surface area contributed by atoms with Crippen molar-refractivity contribution < 1.29 is 9.13 Å². The van der Waals surface area contributed by atoms with Crippen LogP contribution in [-0.4, -0.2) is 24.9 Å². The summed E-state index contributed by atoms with van der Waals surface area (Å²) in [5.74, 6) is 0.438. The lowest BCUT2D eigenvalue weighted by Crippen LogP contribution is -2.45. The summed E-state index contributed by atoms with van der Waals surface area (Å²) in [4.78, 5) is 0. The van der Waals surface area contributed by atoms with Gasteiger partial charge in [0.2, 0.25) is 0 Å². The van der Waals surface area contributed by atoms with Crippen LogP contribution in [0.25, 0.3) is 0 Å². The van der Waals surface area contributed by atoms with Crippen LogP contribution in [0.4, 0.5) is 4.39 Å². The molecule has 0 spiro atoms. The summed E-state index contributed by atoms with van der Waals surface area (Å²) in [5, 5.41) is 0. The fourth-order valence-electron chi connectivity index (χ4n) is 1.29. The van der Waals surface area contributed by atoms with Crippen molar-refractivity contribution in [1.82, 2.24) is 0 Å². The van der Waals surface area contributed by atoms with E-state index in [9.17, 15) is 4.39 Å². The van der Waals surface area contributed by atoms with Crippen LogP contribution in [0.3, 0.4) is 0 Å². The van der Waals surface area contributed by atoms with Crippen LogP contribution >= 0.6 is 0 Å². The molecule has 1 rings (SSSR count). The fourth-order valence-corrected chi connectivity index (χ4v) is 1.29. The van der Waals surface area contributed by atoms with E-state index in [-0.39, 0.29) is 18.8 Å². The summed E-state index contributed by atoms with van der Waals surface area (Å²) in [6, 6.07) is -0.323. The Labute approximate surface area is 66.9 Å². The first-order chi connectivity index (χ1) is 5.11. The summed E-state index contributed by atoms with van der Waals surface area (Å²) in [7, 11) is 0. The van der Waals surface area contributed by atoms with Gasteiger partial charge in [0.05, 0.1) is 12.7 Å². The molecule has 0 aliphatic carbocycles. The Bertz CT molecular complexity index is 129. The number of halogens is 1. The zero-order valence-electron chi connectivity index (χ0n) is 7.09. The van der Waals surface area contributed by atoms with Gasteiger partial charge in [0.25, 0.3) is 0 Å². The molecule has 0 amide bonds. The molecule has 0 radical (unpaired) electrons. The molecule has 2 N–H and O–H groups in total. The van der Waals surface area contributed by atoms with Crippen LogP contribution in [0, 0.1) is 5.92 Å².